The van der Waals surface area contributed by atoms with Crippen LogP contribution in [0.1, 0.15) is 46.5 Å². The summed E-state index contributed by atoms with van der Waals surface area (Å²) in [5, 5.41) is 0. The van der Waals surface area contributed by atoms with Gasteiger partial charge >= 0.3 is 0 Å². The highest BCUT2D eigenvalue weighted by molar-refractivity contribution is 5.77. The van der Waals surface area contributed by atoms with Crippen molar-refractivity contribution in [1.29, 1.82) is 0 Å². The minimum Gasteiger partial charge on any atom is -0.330 e. The summed E-state index contributed by atoms with van der Waals surface area (Å²) in [7, 11) is 0. The summed E-state index contributed by atoms with van der Waals surface area (Å²) in [6, 6.07) is 0. The normalized spacial score (nSPS) is 11.7. The van der Waals surface area contributed by atoms with Crippen molar-refractivity contribution in [3.63, 3.8) is 0 Å². The number of Topliss-reactive ketones (excluding diaryl/α,β-unsaturated/α-hetero) is 1. The van der Waals surface area contributed by atoms with Gasteiger partial charge in [-0.1, -0.05) is 20.8 Å². The quantitative estimate of drug-likeness (QED) is 0.665. The van der Waals surface area contributed by atoms with Gasteiger partial charge in [0.15, 0.2) is 0 Å². The smallest absolute Gasteiger partial charge is 0.132 e. The van der Waals surface area contributed by atoms with Crippen LogP contribution < -0.4 is 5.73 Å². The van der Waals surface area contributed by atoms with Crippen molar-refractivity contribution in [1.82, 2.24) is 0 Å². The number of ketones is 1. The van der Waals surface area contributed by atoms with E-state index in [0.29, 0.717) is 25.2 Å². The Hall–Kier alpha value is -0.370. The van der Waals surface area contributed by atoms with Gasteiger partial charge in [-0.3, -0.25) is 4.79 Å². The third-order valence-corrected chi connectivity index (χ3v) is 2.30. The van der Waals surface area contributed by atoms with Gasteiger partial charge in [0, 0.05) is 12.8 Å². The maximum atomic E-state index is 11.0. The highest BCUT2D eigenvalue weighted by atomic mass is 16.1. The molecule has 0 rings (SSSR count). The van der Waals surface area contributed by atoms with Gasteiger partial charge in [0.05, 0.1) is 0 Å². The van der Waals surface area contributed by atoms with Crippen LogP contribution in [-0.4, -0.2) is 12.3 Å². The molecule has 0 aromatic rings. The average molecular weight is 171 g/mol. The van der Waals surface area contributed by atoms with E-state index in [1.54, 1.807) is 0 Å². The molecule has 0 unspecified atom stereocenters. The first-order valence-corrected chi connectivity index (χ1v) is 4.73. The molecule has 0 aliphatic heterocycles. The summed E-state index contributed by atoms with van der Waals surface area (Å²) >= 11 is 0. The van der Waals surface area contributed by atoms with E-state index in [0.717, 1.165) is 12.8 Å². The van der Waals surface area contributed by atoms with Crippen LogP contribution in [0, 0.1) is 5.41 Å². The average Bonchev–Trinajstić information content (AvgIpc) is 2.00. The van der Waals surface area contributed by atoms with Crippen LogP contribution >= 0.6 is 0 Å². The molecule has 0 atom stereocenters. The van der Waals surface area contributed by atoms with Gasteiger partial charge in [0.1, 0.15) is 5.78 Å². The van der Waals surface area contributed by atoms with E-state index in [2.05, 4.69) is 13.8 Å². The van der Waals surface area contributed by atoms with Gasteiger partial charge in [0.25, 0.3) is 0 Å². The fraction of sp³-hybridized carbons (Fsp3) is 0.900. The summed E-state index contributed by atoms with van der Waals surface area (Å²) in [4.78, 5) is 11.0. The minimum atomic E-state index is 0.236. The third-order valence-electron chi connectivity index (χ3n) is 2.30. The molecule has 12 heavy (non-hydrogen) atoms. The van der Waals surface area contributed by atoms with E-state index in [1.807, 2.05) is 6.92 Å². The second-order valence-electron chi connectivity index (χ2n) is 4.10. The maximum absolute atomic E-state index is 11.0. The van der Waals surface area contributed by atoms with E-state index in [4.69, 9.17) is 5.73 Å². The number of nitrogens with two attached hydrogens (primary N) is 1. The van der Waals surface area contributed by atoms with Crippen molar-refractivity contribution < 1.29 is 4.79 Å². The molecule has 0 saturated heterocycles. The van der Waals surface area contributed by atoms with Gasteiger partial charge in [0.2, 0.25) is 0 Å². The van der Waals surface area contributed by atoms with Gasteiger partial charge in [-0.2, -0.15) is 0 Å². The Bertz CT molecular complexity index is 141. The highest BCUT2D eigenvalue weighted by Crippen LogP contribution is 2.25. The second kappa shape index (κ2) is 5.31. The summed E-state index contributed by atoms with van der Waals surface area (Å²) < 4.78 is 0. The predicted molar refractivity (Wildman–Crippen MR) is 52.0 cm³/mol. The SMILES string of the molecule is CCC(=O)CCC(C)(C)CCN. The molecule has 0 heterocycles. The Morgan fingerprint density at radius 3 is 2.33 bits per heavy atom. The molecule has 0 fully saturated rings. The fourth-order valence-electron chi connectivity index (χ4n) is 1.17. The molecule has 0 aliphatic carbocycles. The van der Waals surface area contributed by atoms with Gasteiger partial charge in [-0.25, -0.2) is 0 Å². The van der Waals surface area contributed by atoms with Crippen LogP contribution in [0.5, 0.6) is 0 Å². The molecule has 2 nitrogen and oxygen atoms in total. The van der Waals surface area contributed by atoms with Crippen molar-refractivity contribution in [2.75, 3.05) is 6.54 Å². The monoisotopic (exact) mass is 171 g/mol. The lowest BCUT2D eigenvalue weighted by atomic mass is 9.83. The zero-order chi connectivity index (χ0) is 9.61. The first-order valence-electron chi connectivity index (χ1n) is 4.73. The molecule has 0 saturated carbocycles. The number of hydrogen-bond donors (Lipinski definition) is 1. The lowest BCUT2D eigenvalue weighted by Crippen LogP contribution is -2.18. The molecule has 0 spiro atoms. The summed E-state index contributed by atoms with van der Waals surface area (Å²) in [6.07, 6.45) is 3.35. The van der Waals surface area contributed by atoms with Crippen molar-refractivity contribution in [3.8, 4) is 0 Å². The first kappa shape index (κ1) is 11.6. The van der Waals surface area contributed by atoms with Crippen molar-refractivity contribution >= 4 is 5.78 Å². The summed E-state index contributed by atoms with van der Waals surface area (Å²) in [5.74, 6) is 0.361. The molecular weight excluding hydrogens is 150 g/mol. The van der Waals surface area contributed by atoms with Crippen molar-refractivity contribution in [2.45, 2.75) is 46.5 Å². The van der Waals surface area contributed by atoms with Gasteiger partial charge in [-0.05, 0) is 24.8 Å². The largest absolute Gasteiger partial charge is 0.330 e. The van der Waals surface area contributed by atoms with Crippen molar-refractivity contribution in [3.05, 3.63) is 0 Å². The number of carbonyl (C=O) groups excluding carboxylic acids is 1. The zero-order valence-corrected chi connectivity index (χ0v) is 8.52. The Kier molecular flexibility index (Phi) is 5.14. The van der Waals surface area contributed by atoms with Crippen LogP contribution in [0.2, 0.25) is 0 Å². The molecule has 2 heteroatoms. The summed E-state index contributed by atoms with van der Waals surface area (Å²) in [6.45, 7) is 6.97. The van der Waals surface area contributed by atoms with Gasteiger partial charge < -0.3 is 5.73 Å². The number of carbonyl (C=O) groups is 1. The molecule has 0 bridgehead atoms. The molecular formula is C10H21NO. The lowest BCUT2D eigenvalue weighted by Gasteiger charge is -2.22. The van der Waals surface area contributed by atoms with E-state index in [1.165, 1.54) is 0 Å². The molecule has 0 radical (unpaired) electrons. The fourth-order valence-corrected chi connectivity index (χ4v) is 1.17. The van der Waals surface area contributed by atoms with Gasteiger partial charge in [-0.15, -0.1) is 0 Å². The van der Waals surface area contributed by atoms with Crippen LogP contribution in [0.25, 0.3) is 0 Å². The zero-order valence-electron chi connectivity index (χ0n) is 8.52. The minimum absolute atomic E-state index is 0.236. The third kappa shape index (κ3) is 5.30. The molecule has 0 aromatic heterocycles. The number of hydrogen-bond acceptors (Lipinski definition) is 2. The molecule has 0 amide bonds. The highest BCUT2D eigenvalue weighted by Gasteiger charge is 2.17. The van der Waals surface area contributed by atoms with Crippen molar-refractivity contribution in [2.24, 2.45) is 11.1 Å². The van der Waals surface area contributed by atoms with E-state index in [9.17, 15) is 4.79 Å². The first-order chi connectivity index (χ1) is 5.52. The lowest BCUT2D eigenvalue weighted by molar-refractivity contribution is -0.119. The molecule has 0 aliphatic rings. The predicted octanol–water partition coefficient (Wildman–Crippen LogP) is 2.12. The number of rotatable bonds is 6. The standard InChI is InChI=1S/C10H21NO/c1-4-9(12)5-6-10(2,3)7-8-11/h4-8,11H2,1-3H3. The van der Waals surface area contributed by atoms with Crippen LogP contribution in [0.3, 0.4) is 0 Å². The molecule has 2 N–H and O–H groups in total. The van der Waals surface area contributed by atoms with E-state index in [-0.39, 0.29) is 5.41 Å². The Labute approximate surface area is 75.5 Å². The Balaban J connectivity index is 3.67. The molecule has 72 valence electrons. The van der Waals surface area contributed by atoms with Crippen LogP contribution in [0.4, 0.5) is 0 Å². The second-order valence-corrected chi connectivity index (χ2v) is 4.10. The van der Waals surface area contributed by atoms with Crippen LogP contribution in [0.15, 0.2) is 0 Å². The molecule has 0 aromatic carbocycles. The summed E-state index contributed by atoms with van der Waals surface area (Å²) in [5.41, 5.74) is 5.70. The van der Waals surface area contributed by atoms with E-state index >= 15 is 0 Å². The van der Waals surface area contributed by atoms with E-state index < -0.39 is 0 Å². The Morgan fingerprint density at radius 2 is 1.92 bits per heavy atom. The Morgan fingerprint density at radius 1 is 1.33 bits per heavy atom. The topological polar surface area (TPSA) is 43.1 Å². The maximum Gasteiger partial charge on any atom is 0.132 e. The van der Waals surface area contributed by atoms with Crippen LogP contribution in [-0.2, 0) is 4.79 Å².